The van der Waals surface area contributed by atoms with E-state index >= 15 is 0 Å². The number of fused-ring (bicyclic) bond motifs is 1. The van der Waals surface area contributed by atoms with Crippen molar-refractivity contribution in [1.29, 1.82) is 0 Å². The molecular weight excluding hydrogens is 438 g/mol. The summed E-state index contributed by atoms with van der Waals surface area (Å²) in [6.45, 7) is 5.27. The highest BCUT2D eigenvalue weighted by atomic mass is 32.2. The lowest BCUT2D eigenvalue weighted by atomic mass is 10.1. The first-order valence-corrected chi connectivity index (χ1v) is 12.8. The third kappa shape index (κ3) is 4.58. The van der Waals surface area contributed by atoms with Crippen molar-refractivity contribution in [3.63, 3.8) is 0 Å². The van der Waals surface area contributed by atoms with Crippen LogP contribution in [0.3, 0.4) is 0 Å². The van der Waals surface area contributed by atoms with Gasteiger partial charge in [-0.3, -0.25) is 9.59 Å². The van der Waals surface area contributed by atoms with Crippen LogP contribution in [0.1, 0.15) is 55.1 Å². The summed E-state index contributed by atoms with van der Waals surface area (Å²) in [7, 11) is -3.69. The maximum atomic E-state index is 13.3. The zero-order chi connectivity index (χ0) is 23.6. The zero-order valence-electron chi connectivity index (χ0n) is 19.0. The number of nitrogens with zero attached hydrogens (tertiary/aromatic N) is 2. The molecule has 0 spiro atoms. The summed E-state index contributed by atoms with van der Waals surface area (Å²) in [5.41, 5.74) is 1.06. The number of carbonyl (C=O) groups is 1. The number of rotatable bonds is 6. The second kappa shape index (κ2) is 9.49. The summed E-state index contributed by atoms with van der Waals surface area (Å²) >= 11 is 0. The second-order valence-electron chi connectivity index (χ2n) is 8.41. The molecule has 1 fully saturated rings. The average Bonchev–Trinajstić information content (AvgIpc) is 2.85. The monoisotopic (exact) mass is 467 g/mol. The molecule has 1 aliphatic heterocycles. The zero-order valence-corrected chi connectivity index (χ0v) is 19.8. The molecule has 1 aromatic heterocycles. The van der Waals surface area contributed by atoms with Gasteiger partial charge in [0, 0.05) is 31.2 Å². The SMILES string of the molecule is CCn1cc(C(=O)N[C@@H](C)c2ccccc2)c(=O)c2cc(S(=O)(=O)N3CCCCC3)ccc21. The minimum atomic E-state index is -3.69. The number of nitrogens with one attached hydrogen (secondary N) is 1. The molecule has 2 aromatic carbocycles. The lowest BCUT2D eigenvalue weighted by molar-refractivity contribution is 0.0938. The van der Waals surface area contributed by atoms with Crippen LogP contribution in [0.2, 0.25) is 0 Å². The third-order valence-corrected chi connectivity index (χ3v) is 8.13. The molecule has 174 valence electrons. The summed E-state index contributed by atoms with van der Waals surface area (Å²) < 4.78 is 29.6. The molecule has 4 rings (SSSR count). The van der Waals surface area contributed by atoms with Crippen LogP contribution in [0.15, 0.2) is 64.4 Å². The van der Waals surface area contributed by atoms with Crippen LogP contribution < -0.4 is 10.7 Å². The fraction of sp³-hybridized carbons (Fsp3) is 0.360. The van der Waals surface area contributed by atoms with Gasteiger partial charge in [-0.25, -0.2) is 8.42 Å². The first-order chi connectivity index (χ1) is 15.8. The number of hydrogen-bond acceptors (Lipinski definition) is 4. The largest absolute Gasteiger partial charge is 0.347 e. The molecule has 8 heteroatoms. The molecule has 1 atom stereocenters. The molecule has 0 radical (unpaired) electrons. The van der Waals surface area contributed by atoms with Crippen LogP contribution in [0, 0.1) is 0 Å². The normalized spacial score (nSPS) is 15.9. The fourth-order valence-corrected chi connectivity index (χ4v) is 5.86. The quantitative estimate of drug-likeness (QED) is 0.599. The number of amides is 1. The summed E-state index contributed by atoms with van der Waals surface area (Å²) in [6, 6.07) is 13.9. The Morgan fingerprint density at radius 1 is 1.06 bits per heavy atom. The molecule has 0 saturated carbocycles. The van der Waals surface area contributed by atoms with Crippen molar-refractivity contribution >= 4 is 26.8 Å². The number of aromatic nitrogens is 1. The predicted octanol–water partition coefficient (Wildman–Crippen LogP) is 3.69. The second-order valence-corrected chi connectivity index (χ2v) is 10.3. The number of piperidine rings is 1. The standard InChI is InChI=1S/C25H29N3O4S/c1-3-27-17-22(25(30)26-18(2)19-10-6-4-7-11-19)24(29)21-16-20(12-13-23(21)27)33(31,32)28-14-8-5-9-15-28/h4,6-7,10-13,16-18H,3,5,8-9,14-15H2,1-2H3,(H,26,30)/t18-/m0/s1. The smallest absolute Gasteiger partial charge is 0.257 e. The predicted molar refractivity (Wildman–Crippen MR) is 129 cm³/mol. The number of carbonyl (C=O) groups excluding carboxylic acids is 1. The van der Waals surface area contributed by atoms with Crippen molar-refractivity contribution in [2.75, 3.05) is 13.1 Å². The van der Waals surface area contributed by atoms with Gasteiger partial charge in [0.25, 0.3) is 5.91 Å². The molecule has 1 aliphatic rings. The van der Waals surface area contributed by atoms with Gasteiger partial charge in [0.1, 0.15) is 5.56 Å². The van der Waals surface area contributed by atoms with Gasteiger partial charge in [0.2, 0.25) is 15.5 Å². The molecular formula is C25H29N3O4S. The summed E-state index contributed by atoms with van der Waals surface area (Å²) in [4.78, 5) is 26.5. The van der Waals surface area contributed by atoms with Crippen LogP contribution >= 0.6 is 0 Å². The van der Waals surface area contributed by atoms with Crippen LogP contribution in [-0.4, -0.2) is 36.3 Å². The maximum Gasteiger partial charge on any atom is 0.257 e. The lowest BCUT2D eigenvalue weighted by Crippen LogP contribution is -2.35. The van der Waals surface area contributed by atoms with E-state index in [0.29, 0.717) is 25.2 Å². The lowest BCUT2D eigenvalue weighted by Gasteiger charge is -2.26. The van der Waals surface area contributed by atoms with Crippen molar-refractivity contribution < 1.29 is 13.2 Å². The number of hydrogen-bond donors (Lipinski definition) is 1. The summed E-state index contributed by atoms with van der Waals surface area (Å²) in [5.74, 6) is -0.482. The topological polar surface area (TPSA) is 88.5 Å². The molecule has 0 unspecified atom stereocenters. The van der Waals surface area contributed by atoms with Crippen molar-refractivity contribution in [3.8, 4) is 0 Å². The first kappa shape index (κ1) is 23.2. The molecule has 2 heterocycles. The van der Waals surface area contributed by atoms with E-state index in [2.05, 4.69) is 5.32 Å². The van der Waals surface area contributed by atoms with Gasteiger partial charge in [-0.05, 0) is 50.5 Å². The van der Waals surface area contributed by atoms with E-state index in [1.165, 1.54) is 10.4 Å². The molecule has 0 bridgehead atoms. The van der Waals surface area contributed by atoms with Gasteiger partial charge in [0.15, 0.2) is 0 Å². The summed E-state index contributed by atoms with van der Waals surface area (Å²) in [5, 5.41) is 3.12. The van der Waals surface area contributed by atoms with Crippen molar-refractivity contribution in [3.05, 3.63) is 76.1 Å². The molecule has 0 aliphatic carbocycles. The van der Waals surface area contributed by atoms with E-state index in [1.54, 1.807) is 22.9 Å². The van der Waals surface area contributed by atoms with E-state index in [0.717, 1.165) is 24.8 Å². The third-order valence-electron chi connectivity index (χ3n) is 6.24. The van der Waals surface area contributed by atoms with E-state index < -0.39 is 21.4 Å². The first-order valence-electron chi connectivity index (χ1n) is 11.4. The highest BCUT2D eigenvalue weighted by Crippen LogP contribution is 2.24. The van der Waals surface area contributed by atoms with Crippen molar-refractivity contribution in [2.45, 2.75) is 50.6 Å². The van der Waals surface area contributed by atoms with E-state index in [4.69, 9.17) is 0 Å². The number of benzene rings is 2. The highest BCUT2D eigenvalue weighted by Gasteiger charge is 2.27. The Hall–Kier alpha value is -2.97. The Labute approximate surface area is 194 Å². The molecule has 3 aromatic rings. The molecule has 1 amide bonds. The van der Waals surface area contributed by atoms with Gasteiger partial charge < -0.3 is 9.88 Å². The Bertz CT molecular complexity index is 1330. The number of sulfonamides is 1. The van der Waals surface area contributed by atoms with Crippen molar-refractivity contribution in [2.24, 2.45) is 0 Å². The minimum absolute atomic E-state index is 0.000323. The van der Waals surface area contributed by atoms with Crippen LogP contribution in [0.25, 0.3) is 10.9 Å². The fourth-order valence-electron chi connectivity index (χ4n) is 4.31. The average molecular weight is 468 g/mol. The van der Waals surface area contributed by atoms with Gasteiger partial charge >= 0.3 is 0 Å². The van der Waals surface area contributed by atoms with Gasteiger partial charge in [-0.1, -0.05) is 36.8 Å². The van der Waals surface area contributed by atoms with Crippen LogP contribution in [0.4, 0.5) is 0 Å². The van der Waals surface area contributed by atoms with Gasteiger partial charge in [-0.2, -0.15) is 4.31 Å². The Morgan fingerprint density at radius 2 is 1.76 bits per heavy atom. The number of aryl methyl sites for hydroxylation is 1. The van der Waals surface area contributed by atoms with E-state index in [9.17, 15) is 18.0 Å². The molecule has 1 saturated heterocycles. The van der Waals surface area contributed by atoms with Gasteiger partial charge in [-0.15, -0.1) is 0 Å². The van der Waals surface area contributed by atoms with Crippen LogP contribution in [-0.2, 0) is 16.6 Å². The van der Waals surface area contributed by atoms with Gasteiger partial charge in [0.05, 0.1) is 16.5 Å². The van der Waals surface area contributed by atoms with Crippen molar-refractivity contribution in [1.82, 2.24) is 14.2 Å². The summed E-state index contributed by atoms with van der Waals surface area (Å²) in [6.07, 6.45) is 4.24. The Balaban J connectivity index is 1.74. The van der Waals surface area contributed by atoms with E-state index in [1.807, 2.05) is 44.2 Å². The Morgan fingerprint density at radius 3 is 2.42 bits per heavy atom. The van der Waals surface area contributed by atoms with E-state index in [-0.39, 0.29) is 21.9 Å². The maximum absolute atomic E-state index is 13.3. The number of pyridine rings is 1. The molecule has 7 nitrogen and oxygen atoms in total. The minimum Gasteiger partial charge on any atom is -0.347 e. The van der Waals surface area contributed by atoms with Crippen LogP contribution in [0.5, 0.6) is 0 Å². The molecule has 33 heavy (non-hydrogen) atoms. The molecule has 1 N–H and O–H groups in total. The highest BCUT2D eigenvalue weighted by molar-refractivity contribution is 7.89. The Kier molecular flexibility index (Phi) is 6.67.